The van der Waals surface area contributed by atoms with Crippen molar-refractivity contribution in [1.82, 2.24) is 4.90 Å². The van der Waals surface area contributed by atoms with Gasteiger partial charge in [0.25, 0.3) is 0 Å². The van der Waals surface area contributed by atoms with Crippen molar-refractivity contribution in [1.29, 1.82) is 0 Å². The van der Waals surface area contributed by atoms with Gasteiger partial charge in [0, 0.05) is 17.8 Å². The number of phenols is 1. The minimum absolute atomic E-state index is 0.0134. The summed E-state index contributed by atoms with van der Waals surface area (Å²) < 4.78 is 0. The van der Waals surface area contributed by atoms with E-state index in [-0.39, 0.29) is 23.6 Å². The smallest absolute Gasteiger partial charge is 0.322 e. The fourth-order valence-corrected chi connectivity index (χ4v) is 2.54. The second-order valence-corrected chi connectivity index (χ2v) is 5.62. The number of carbonyl (C=O) groups is 2. The normalized spacial score (nSPS) is 11.6. The van der Waals surface area contributed by atoms with E-state index in [1.807, 2.05) is 19.9 Å². The van der Waals surface area contributed by atoms with Crippen LogP contribution in [0.25, 0.3) is 0 Å². The maximum atomic E-state index is 12.5. The van der Waals surface area contributed by atoms with Crippen LogP contribution in [0.15, 0.2) is 48.5 Å². The summed E-state index contributed by atoms with van der Waals surface area (Å²) in [7, 11) is 0. The zero-order valence-electron chi connectivity index (χ0n) is 14.1. The van der Waals surface area contributed by atoms with Crippen LogP contribution < -0.4 is 5.32 Å². The predicted molar refractivity (Wildman–Crippen MR) is 94.4 cm³/mol. The quantitative estimate of drug-likeness (QED) is 0.809. The number of ketones is 1. The molecular formula is C19H22N2O3. The van der Waals surface area contributed by atoms with Crippen LogP contribution in [0.5, 0.6) is 5.75 Å². The monoisotopic (exact) mass is 326 g/mol. The van der Waals surface area contributed by atoms with Crippen LogP contribution in [0, 0.1) is 0 Å². The van der Waals surface area contributed by atoms with Gasteiger partial charge in [0.05, 0.1) is 6.04 Å². The van der Waals surface area contributed by atoms with Crippen LogP contribution in [0.3, 0.4) is 0 Å². The van der Waals surface area contributed by atoms with Crippen LogP contribution in [0.2, 0.25) is 0 Å². The Kier molecular flexibility index (Phi) is 5.58. The Morgan fingerprint density at radius 1 is 1.17 bits per heavy atom. The number of nitrogens with zero attached hydrogens (tertiary/aromatic N) is 1. The number of nitrogens with one attached hydrogen (secondary N) is 1. The van der Waals surface area contributed by atoms with E-state index in [9.17, 15) is 14.7 Å². The van der Waals surface area contributed by atoms with Crippen molar-refractivity contribution in [2.45, 2.75) is 26.8 Å². The molecule has 0 aliphatic carbocycles. The third-order valence-corrected chi connectivity index (χ3v) is 3.96. The average molecular weight is 326 g/mol. The summed E-state index contributed by atoms with van der Waals surface area (Å²) in [6, 6.07) is 13.3. The second kappa shape index (κ2) is 7.64. The van der Waals surface area contributed by atoms with Gasteiger partial charge in [-0.1, -0.05) is 12.1 Å². The van der Waals surface area contributed by atoms with Crippen molar-refractivity contribution in [3.8, 4) is 5.75 Å². The van der Waals surface area contributed by atoms with E-state index < -0.39 is 0 Å². The fraction of sp³-hybridized carbons (Fsp3) is 0.263. The van der Waals surface area contributed by atoms with Gasteiger partial charge < -0.3 is 15.3 Å². The summed E-state index contributed by atoms with van der Waals surface area (Å²) in [5.41, 5.74) is 2.10. The maximum Gasteiger partial charge on any atom is 0.322 e. The molecule has 2 rings (SSSR count). The average Bonchev–Trinajstić information content (AvgIpc) is 2.56. The summed E-state index contributed by atoms with van der Waals surface area (Å²) in [6.45, 7) is 5.84. The molecule has 0 aromatic heterocycles. The molecule has 0 aliphatic rings. The Bertz CT molecular complexity index is 726. The highest BCUT2D eigenvalue weighted by molar-refractivity contribution is 5.95. The molecule has 2 aromatic carbocycles. The summed E-state index contributed by atoms with van der Waals surface area (Å²) in [5.74, 6) is 0.163. The highest BCUT2D eigenvalue weighted by atomic mass is 16.3. The third-order valence-electron chi connectivity index (χ3n) is 3.96. The first kappa shape index (κ1) is 17.5. The van der Waals surface area contributed by atoms with E-state index in [0.29, 0.717) is 17.8 Å². The number of anilines is 1. The third kappa shape index (κ3) is 4.13. The molecule has 2 N–H and O–H groups in total. The summed E-state index contributed by atoms with van der Waals surface area (Å²) in [5, 5.41) is 12.5. The van der Waals surface area contributed by atoms with Crippen molar-refractivity contribution < 1.29 is 14.7 Å². The van der Waals surface area contributed by atoms with Gasteiger partial charge in [-0.05, 0) is 62.7 Å². The van der Waals surface area contributed by atoms with E-state index >= 15 is 0 Å². The van der Waals surface area contributed by atoms with Gasteiger partial charge in [0.1, 0.15) is 5.75 Å². The van der Waals surface area contributed by atoms with Crippen molar-refractivity contribution in [2.75, 3.05) is 11.9 Å². The molecule has 0 saturated carbocycles. The number of Topliss-reactive ketones (excluding diaryl/α,β-unsaturated/α-hetero) is 1. The molecule has 0 heterocycles. The van der Waals surface area contributed by atoms with Crippen LogP contribution >= 0.6 is 0 Å². The lowest BCUT2D eigenvalue weighted by atomic mass is 10.1. The minimum atomic E-state index is -0.232. The molecule has 0 radical (unpaired) electrons. The first-order chi connectivity index (χ1) is 11.4. The lowest BCUT2D eigenvalue weighted by molar-refractivity contribution is 0.101. The molecule has 0 spiro atoms. The molecule has 5 nitrogen and oxygen atoms in total. The van der Waals surface area contributed by atoms with E-state index in [0.717, 1.165) is 5.56 Å². The molecule has 126 valence electrons. The minimum Gasteiger partial charge on any atom is -0.508 e. The van der Waals surface area contributed by atoms with Gasteiger partial charge in [-0.25, -0.2) is 4.79 Å². The number of urea groups is 1. The maximum absolute atomic E-state index is 12.5. The number of aromatic hydroxyl groups is 1. The number of phenolic OH excluding ortho intramolecular Hbond substituents is 1. The van der Waals surface area contributed by atoms with Crippen molar-refractivity contribution >= 4 is 17.5 Å². The van der Waals surface area contributed by atoms with Gasteiger partial charge in [-0.2, -0.15) is 0 Å². The van der Waals surface area contributed by atoms with Crippen molar-refractivity contribution in [2.24, 2.45) is 0 Å². The number of hydrogen-bond donors (Lipinski definition) is 2. The number of benzene rings is 2. The predicted octanol–water partition coefficient (Wildman–Crippen LogP) is 4.21. The molecule has 0 saturated heterocycles. The fourth-order valence-electron chi connectivity index (χ4n) is 2.54. The molecule has 2 amide bonds. The zero-order chi connectivity index (χ0) is 17.7. The topological polar surface area (TPSA) is 69.6 Å². The number of hydrogen-bond acceptors (Lipinski definition) is 3. The summed E-state index contributed by atoms with van der Waals surface area (Å²) in [6.07, 6.45) is 0. The van der Waals surface area contributed by atoms with Gasteiger partial charge in [0.15, 0.2) is 5.78 Å². The van der Waals surface area contributed by atoms with E-state index in [1.54, 1.807) is 47.4 Å². The molecule has 0 aliphatic heterocycles. The lowest BCUT2D eigenvalue weighted by Gasteiger charge is -2.28. The first-order valence-corrected chi connectivity index (χ1v) is 7.90. The standard InChI is InChI=1S/C19H22N2O3/c1-4-21(13(2)16-6-5-7-18(23)12-16)19(24)20-17-10-8-15(9-11-17)14(3)22/h5-13,23H,4H2,1-3H3,(H,20,24)/t13-/m0/s1. The van der Waals surface area contributed by atoms with Crippen LogP contribution in [-0.4, -0.2) is 28.4 Å². The number of carbonyl (C=O) groups excluding carboxylic acids is 2. The van der Waals surface area contributed by atoms with Gasteiger partial charge >= 0.3 is 6.03 Å². The van der Waals surface area contributed by atoms with Gasteiger partial charge in [-0.3, -0.25) is 4.79 Å². The van der Waals surface area contributed by atoms with Gasteiger partial charge in [-0.15, -0.1) is 0 Å². The van der Waals surface area contributed by atoms with Crippen LogP contribution in [0.1, 0.15) is 42.7 Å². The molecule has 0 unspecified atom stereocenters. The zero-order valence-corrected chi connectivity index (χ0v) is 14.1. The second-order valence-electron chi connectivity index (χ2n) is 5.62. The van der Waals surface area contributed by atoms with E-state index in [4.69, 9.17) is 0 Å². The first-order valence-electron chi connectivity index (χ1n) is 7.90. The molecular weight excluding hydrogens is 304 g/mol. The summed E-state index contributed by atoms with van der Waals surface area (Å²) in [4.78, 5) is 25.5. The van der Waals surface area contributed by atoms with Crippen LogP contribution in [-0.2, 0) is 0 Å². The molecule has 2 aromatic rings. The lowest BCUT2D eigenvalue weighted by Crippen LogP contribution is -2.36. The van der Waals surface area contributed by atoms with E-state index in [2.05, 4.69) is 5.32 Å². The highest BCUT2D eigenvalue weighted by Crippen LogP contribution is 2.24. The Labute approximate surface area is 141 Å². The van der Waals surface area contributed by atoms with E-state index in [1.165, 1.54) is 6.92 Å². The Morgan fingerprint density at radius 3 is 2.38 bits per heavy atom. The van der Waals surface area contributed by atoms with Crippen molar-refractivity contribution in [3.05, 3.63) is 59.7 Å². The molecule has 0 fully saturated rings. The molecule has 5 heteroatoms. The Balaban J connectivity index is 2.12. The summed E-state index contributed by atoms with van der Waals surface area (Å²) >= 11 is 0. The van der Waals surface area contributed by atoms with Gasteiger partial charge in [0.2, 0.25) is 0 Å². The molecule has 0 bridgehead atoms. The Hall–Kier alpha value is -2.82. The number of amides is 2. The Morgan fingerprint density at radius 2 is 1.83 bits per heavy atom. The highest BCUT2D eigenvalue weighted by Gasteiger charge is 2.20. The molecule has 24 heavy (non-hydrogen) atoms. The largest absolute Gasteiger partial charge is 0.508 e. The SMILES string of the molecule is CCN(C(=O)Nc1ccc(C(C)=O)cc1)[C@@H](C)c1cccc(O)c1. The number of rotatable bonds is 5. The molecule has 1 atom stereocenters. The van der Waals surface area contributed by atoms with Crippen LogP contribution in [0.4, 0.5) is 10.5 Å². The van der Waals surface area contributed by atoms with Crippen molar-refractivity contribution in [3.63, 3.8) is 0 Å².